The van der Waals surface area contributed by atoms with Crippen molar-refractivity contribution in [3.05, 3.63) is 29.8 Å². The number of carbonyl (C=O) groups is 1. The highest BCUT2D eigenvalue weighted by atomic mass is 16.5. The van der Waals surface area contributed by atoms with Crippen molar-refractivity contribution in [2.24, 2.45) is 0 Å². The summed E-state index contributed by atoms with van der Waals surface area (Å²) >= 11 is 0. The topological polar surface area (TPSA) is 67.8 Å². The highest BCUT2D eigenvalue weighted by Gasteiger charge is 2.11. The number of methoxy groups -OCH3 is 1. The zero-order chi connectivity index (χ0) is 13.4. The first-order chi connectivity index (χ1) is 8.65. The summed E-state index contributed by atoms with van der Waals surface area (Å²) in [6, 6.07) is 7.06. The van der Waals surface area contributed by atoms with Gasteiger partial charge in [0.25, 0.3) is 5.91 Å². The van der Waals surface area contributed by atoms with Gasteiger partial charge >= 0.3 is 0 Å². The minimum atomic E-state index is -0.399. The molecule has 1 atom stereocenters. The van der Waals surface area contributed by atoms with E-state index in [9.17, 15) is 4.79 Å². The van der Waals surface area contributed by atoms with Crippen molar-refractivity contribution >= 4 is 5.91 Å². The van der Waals surface area contributed by atoms with Gasteiger partial charge < -0.3 is 19.9 Å². The zero-order valence-electron chi connectivity index (χ0n) is 10.7. The Hall–Kier alpha value is -1.59. The predicted octanol–water partition coefficient (Wildman–Crippen LogP) is 0.497. The second-order valence-corrected chi connectivity index (χ2v) is 4.01. The van der Waals surface area contributed by atoms with E-state index in [0.29, 0.717) is 5.75 Å². The van der Waals surface area contributed by atoms with Crippen LogP contribution in [0.5, 0.6) is 5.75 Å². The summed E-state index contributed by atoms with van der Waals surface area (Å²) in [4.78, 5) is 11.5. The van der Waals surface area contributed by atoms with Crippen molar-refractivity contribution in [1.29, 1.82) is 0 Å². The second-order valence-electron chi connectivity index (χ2n) is 4.01. The minimum absolute atomic E-state index is 0.0797. The fourth-order valence-corrected chi connectivity index (χ4v) is 1.46. The highest BCUT2D eigenvalue weighted by Crippen LogP contribution is 2.11. The number of hydrogen-bond acceptors (Lipinski definition) is 4. The maximum Gasteiger partial charge on any atom is 0.258 e. The maximum absolute atomic E-state index is 11.5. The van der Waals surface area contributed by atoms with Gasteiger partial charge in [0, 0.05) is 7.11 Å². The fourth-order valence-electron chi connectivity index (χ4n) is 1.46. The number of ether oxygens (including phenoxy) is 2. The smallest absolute Gasteiger partial charge is 0.258 e. The van der Waals surface area contributed by atoms with Crippen LogP contribution >= 0.6 is 0 Å². The first-order valence-corrected chi connectivity index (χ1v) is 5.74. The monoisotopic (exact) mass is 253 g/mol. The lowest BCUT2D eigenvalue weighted by atomic mass is 10.2. The largest absolute Gasteiger partial charge is 0.484 e. The standard InChI is InChI=1S/C13H19NO4/c1-10-4-3-5-12(6-10)18-9-13(16)14-11(7-15)8-17-2/h3-6,11,15H,7-9H2,1-2H3,(H,14,16). The van der Waals surface area contributed by atoms with Gasteiger partial charge in [0.1, 0.15) is 5.75 Å². The normalized spacial score (nSPS) is 11.9. The van der Waals surface area contributed by atoms with Crippen LogP contribution in [0.1, 0.15) is 5.56 Å². The number of aliphatic hydroxyl groups excluding tert-OH is 1. The Morgan fingerprint density at radius 2 is 2.28 bits per heavy atom. The van der Waals surface area contributed by atoms with E-state index in [1.54, 1.807) is 6.07 Å². The van der Waals surface area contributed by atoms with Gasteiger partial charge in [0.05, 0.1) is 19.3 Å². The molecular weight excluding hydrogens is 234 g/mol. The molecule has 18 heavy (non-hydrogen) atoms. The Bertz CT molecular complexity index is 381. The van der Waals surface area contributed by atoms with E-state index in [2.05, 4.69) is 5.32 Å². The van der Waals surface area contributed by atoms with Gasteiger partial charge in [-0.05, 0) is 24.6 Å². The van der Waals surface area contributed by atoms with E-state index in [-0.39, 0.29) is 25.7 Å². The number of carbonyl (C=O) groups excluding carboxylic acids is 1. The molecule has 0 aliphatic rings. The second kappa shape index (κ2) is 7.68. The van der Waals surface area contributed by atoms with Crippen LogP contribution in [0.15, 0.2) is 24.3 Å². The van der Waals surface area contributed by atoms with Gasteiger partial charge in [-0.3, -0.25) is 4.79 Å². The van der Waals surface area contributed by atoms with Crippen molar-refractivity contribution in [1.82, 2.24) is 5.32 Å². The SMILES string of the molecule is COCC(CO)NC(=O)COc1cccc(C)c1. The van der Waals surface area contributed by atoms with Crippen LogP contribution in [0, 0.1) is 6.92 Å². The Labute approximate surface area is 107 Å². The van der Waals surface area contributed by atoms with Gasteiger partial charge in [0.2, 0.25) is 0 Å². The van der Waals surface area contributed by atoms with Crippen molar-refractivity contribution in [2.75, 3.05) is 26.9 Å². The average molecular weight is 253 g/mol. The van der Waals surface area contributed by atoms with Crippen LogP contribution < -0.4 is 10.1 Å². The van der Waals surface area contributed by atoms with Gasteiger partial charge in [-0.2, -0.15) is 0 Å². The van der Waals surface area contributed by atoms with E-state index in [0.717, 1.165) is 5.56 Å². The van der Waals surface area contributed by atoms with Crippen molar-refractivity contribution in [2.45, 2.75) is 13.0 Å². The third kappa shape index (κ3) is 5.16. The summed E-state index contributed by atoms with van der Waals surface area (Å²) in [5, 5.41) is 11.6. The van der Waals surface area contributed by atoms with Crippen LogP contribution in [-0.4, -0.2) is 44.0 Å². The number of aliphatic hydroxyl groups is 1. The molecule has 0 aliphatic carbocycles. The molecule has 100 valence electrons. The molecule has 0 aliphatic heterocycles. The molecule has 1 rings (SSSR count). The number of aryl methyl sites for hydroxylation is 1. The first-order valence-electron chi connectivity index (χ1n) is 5.74. The molecule has 0 aromatic heterocycles. The predicted molar refractivity (Wildman–Crippen MR) is 67.6 cm³/mol. The van der Waals surface area contributed by atoms with Gasteiger partial charge in [-0.15, -0.1) is 0 Å². The fraction of sp³-hybridized carbons (Fsp3) is 0.462. The van der Waals surface area contributed by atoms with E-state index in [1.165, 1.54) is 7.11 Å². The van der Waals surface area contributed by atoms with Crippen LogP contribution in [0.2, 0.25) is 0 Å². The quantitative estimate of drug-likeness (QED) is 0.742. The lowest BCUT2D eigenvalue weighted by Gasteiger charge is -2.15. The highest BCUT2D eigenvalue weighted by molar-refractivity contribution is 5.77. The molecule has 0 bridgehead atoms. The molecule has 0 saturated carbocycles. The average Bonchev–Trinajstić information content (AvgIpc) is 2.36. The summed E-state index contributed by atoms with van der Waals surface area (Å²) in [7, 11) is 1.51. The molecule has 0 fully saturated rings. The van der Waals surface area contributed by atoms with Crippen LogP contribution in [0.4, 0.5) is 0 Å². The summed E-state index contributed by atoms with van der Waals surface area (Å²) in [6.45, 7) is 1.98. The maximum atomic E-state index is 11.5. The zero-order valence-corrected chi connectivity index (χ0v) is 10.7. The number of hydrogen-bond donors (Lipinski definition) is 2. The van der Waals surface area contributed by atoms with Crippen molar-refractivity contribution < 1.29 is 19.4 Å². The number of nitrogens with one attached hydrogen (secondary N) is 1. The molecule has 1 aromatic carbocycles. The van der Waals surface area contributed by atoms with Gasteiger partial charge in [-0.1, -0.05) is 12.1 Å². The van der Waals surface area contributed by atoms with Gasteiger partial charge in [0.15, 0.2) is 6.61 Å². The van der Waals surface area contributed by atoms with Crippen molar-refractivity contribution in [3.63, 3.8) is 0 Å². The number of benzene rings is 1. The molecular formula is C13H19NO4. The molecule has 1 amide bonds. The van der Waals surface area contributed by atoms with Crippen molar-refractivity contribution in [3.8, 4) is 5.75 Å². The van der Waals surface area contributed by atoms with Crippen LogP contribution in [0.3, 0.4) is 0 Å². The Balaban J connectivity index is 2.36. The summed E-state index contributed by atoms with van der Waals surface area (Å²) in [5.41, 5.74) is 1.07. The summed E-state index contributed by atoms with van der Waals surface area (Å²) < 4.78 is 10.2. The molecule has 5 heteroatoms. The molecule has 0 heterocycles. The summed E-state index contributed by atoms with van der Waals surface area (Å²) in [6.07, 6.45) is 0. The van der Waals surface area contributed by atoms with Gasteiger partial charge in [-0.25, -0.2) is 0 Å². The molecule has 2 N–H and O–H groups in total. The lowest BCUT2D eigenvalue weighted by molar-refractivity contribution is -0.124. The van der Waals surface area contributed by atoms with E-state index in [1.807, 2.05) is 25.1 Å². The van der Waals surface area contributed by atoms with E-state index < -0.39 is 6.04 Å². The molecule has 0 saturated heterocycles. The van der Waals surface area contributed by atoms with E-state index >= 15 is 0 Å². The Morgan fingerprint density at radius 1 is 1.50 bits per heavy atom. The van der Waals surface area contributed by atoms with E-state index in [4.69, 9.17) is 14.6 Å². The number of rotatable bonds is 7. The number of amides is 1. The summed E-state index contributed by atoms with van der Waals surface area (Å²) in [5.74, 6) is 0.366. The third-order valence-electron chi connectivity index (χ3n) is 2.31. The molecule has 5 nitrogen and oxygen atoms in total. The van der Waals surface area contributed by atoms with Crippen LogP contribution in [-0.2, 0) is 9.53 Å². The molecule has 0 radical (unpaired) electrons. The third-order valence-corrected chi connectivity index (χ3v) is 2.31. The van der Waals surface area contributed by atoms with Crippen LogP contribution in [0.25, 0.3) is 0 Å². The molecule has 1 unspecified atom stereocenters. The molecule has 0 spiro atoms. The Kier molecular flexibility index (Phi) is 6.18. The minimum Gasteiger partial charge on any atom is -0.484 e. The lowest BCUT2D eigenvalue weighted by Crippen LogP contribution is -2.42. The Morgan fingerprint density at radius 3 is 2.89 bits per heavy atom. The molecule has 1 aromatic rings. The first kappa shape index (κ1) is 14.5.